The van der Waals surface area contributed by atoms with Crippen LogP contribution in [0.4, 0.5) is 20.2 Å². The van der Waals surface area contributed by atoms with E-state index in [4.69, 9.17) is 20.2 Å². The van der Waals surface area contributed by atoms with E-state index in [-0.39, 0.29) is 28.9 Å². The second kappa shape index (κ2) is 11.7. The molecule has 0 unspecified atom stereocenters. The van der Waals surface area contributed by atoms with Crippen molar-refractivity contribution in [3.63, 3.8) is 0 Å². The molecule has 1 aliphatic heterocycles. The molecule has 5 aromatic rings. The third kappa shape index (κ3) is 5.13. The molecule has 0 radical (unpaired) electrons. The van der Waals surface area contributed by atoms with Gasteiger partial charge < -0.3 is 30.0 Å². The van der Waals surface area contributed by atoms with Crippen molar-refractivity contribution in [3.05, 3.63) is 78.4 Å². The number of nitrogens with two attached hydrogens (primary N) is 1. The van der Waals surface area contributed by atoms with Crippen LogP contribution in [0.3, 0.4) is 0 Å². The van der Waals surface area contributed by atoms with Crippen molar-refractivity contribution in [1.29, 1.82) is 0 Å². The van der Waals surface area contributed by atoms with Gasteiger partial charge in [-0.2, -0.15) is 0 Å². The van der Waals surface area contributed by atoms with E-state index in [2.05, 4.69) is 25.2 Å². The van der Waals surface area contributed by atoms with Crippen LogP contribution in [0, 0.1) is 11.6 Å². The fourth-order valence-corrected chi connectivity index (χ4v) is 5.26. The van der Waals surface area contributed by atoms with Gasteiger partial charge in [0.05, 0.1) is 60.6 Å². The monoisotopic (exact) mass is 586 g/mol. The third-order valence-electron chi connectivity index (χ3n) is 7.38. The van der Waals surface area contributed by atoms with Crippen molar-refractivity contribution >= 4 is 28.3 Å². The van der Waals surface area contributed by atoms with Gasteiger partial charge in [-0.15, -0.1) is 0 Å². The Morgan fingerprint density at radius 1 is 1.14 bits per heavy atom. The van der Waals surface area contributed by atoms with Gasteiger partial charge in [-0.25, -0.2) is 23.7 Å². The number of halogens is 2. The molecule has 11 nitrogen and oxygen atoms in total. The molecule has 1 aliphatic rings. The molecule has 1 fully saturated rings. The molecular formula is C30H28F2N8O3. The van der Waals surface area contributed by atoms with Crippen LogP contribution in [-0.2, 0) is 11.8 Å². The first-order valence-corrected chi connectivity index (χ1v) is 13.5. The number of anilines is 2. The van der Waals surface area contributed by atoms with Crippen LogP contribution in [0.2, 0.25) is 0 Å². The Morgan fingerprint density at radius 2 is 2.00 bits per heavy atom. The lowest BCUT2D eigenvalue weighted by molar-refractivity contribution is 0.0964. The number of imidazole rings is 1. The number of hydrogen-bond donors (Lipinski definition) is 2. The van der Waals surface area contributed by atoms with Gasteiger partial charge in [-0.1, -0.05) is 6.07 Å². The average Bonchev–Trinajstić information content (AvgIpc) is 3.36. The zero-order chi connectivity index (χ0) is 30.1. The van der Waals surface area contributed by atoms with Crippen molar-refractivity contribution in [1.82, 2.24) is 24.5 Å². The van der Waals surface area contributed by atoms with Gasteiger partial charge in [0.2, 0.25) is 0 Å². The number of hydrogen-bond acceptors (Lipinski definition) is 9. The molecule has 0 saturated carbocycles. The number of morpholine rings is 1. The molecule has 6 rings (SSSR count). The Bertz CT molecular complexity index is 1830. The molecule has 43 heavy (non-hydrogen) atoms. The standard InChI is InChI=1S/C30H28F2N8O3/c1-39-23-7-6-21(37-30(41)22-9-11-35-28(36-22)25-19(31)4-3-5-24(25)42-2)27(40-12-13-43-16-17(40)14-33)26(23)38-29(39)18-8-10-34-15-20(18)32/h3-11,15,17H,12-14,16,33H2,1-2H3,(H,37,41)/t17-/m0/s1. The van der Waals surface area contributed by atoms with Crippen molar-refractivity contribution in [3.8, 4) is 28.5 Å². The van der Waals surface area contributed by atoms with Crippen LogP contribution in [-0.4, -0.2) is 69.9 Å². The summed E-state index contributed by atoms with van der Waals surface area (Å²) in [7, 11) is 3.21. The highest BCUT2D eigenvalue weighted by atomic mass is 19.1. The Kier molecular flexibility index (Phi) is 7.65. The number of nitrogens with one attached hydrogen (secondary N) is 1. The molecule has 0 spiro atoms. The minimum Gasteiger partial charge on any atom is -0.496 e. The molecule has 1 saturated heterocycles. The van der Waals surface area contributed by atoms with Gasteiger partial charge in [0.25, 0.3) is 5.91 Å². The number of pyridine rings is 1. The van der Waals surface area contributed by atoms with E-state index in [1.54, 1.807) is 35.9 Å². The number of amides is 1. The normalized spacial score (nSPS) is 15.1. The number of methoxy groups -OCH3 is 1. The van der Waals surface area contributed by atoms with E-state index in [1.807, 2.05) is 0 Å². The summed E-state index contributed by atoms with van der Waals surface area (Å²) in [5.41, 5.74) is 8.80. The summed E-state index contributed by atoms with van der Waals surface area (Å²) in [6, 6.07) is 10.7. The van der Waals surface area contributed by atoms with Gasteiger partial charge in [-0.05, 0) is 36.4 Å². The summed E-state index contributed by atoms with van der Waals surface area (Å²) in [6.45, 7) is 1.61. The first-order valence-electron chi connectivity index (χ1n) is 13.5. The quantitative estimate of drug-likeness (QED) is 0.292. The zero-order valence-corrected chi connectivity index (χ0v) is 23.4. The van der Waals surface area contributed by atoms with Crippen LogP contribution in [0.5, 0.6) is 5.75 Å². The summed E-state index contributed by atoms with van der Waals surface area (Å²) < 4.78 is 42.3. The molecule has 4 heterocycles. The minimum absolute atomic E-state index is 0.00314. The van der Waals surface area contributed by atoms with Crippen LogP contribution < -0.4 is 20.7 Å². The maximum Gasteiger partial charge on any atom is 0.274 e. The third-order valence-corrected chi connectivity index (χ3v) is 7.38. The predicted molar refractivity (Wildman–Crippen MR) is 157 cm³/mol. The van der Waals surface area contributed by atoms with Crippen LogP contribution in [0.25, 0.3) is 33.8 Å². The van der Waals surface area contributed by atoms with Gasteiger partial charge >= 0.3 is 0 Å². The van der Waals surface area contributed by atoms with E-state index >= 15 is 0 Å². The molecule has 3 N–H and O–H groups in total. The zero-order valence-electron chi connectivity index (χ0n) is 23.4. The second-order valence-corrected chi connectivity index (χ2v) is 9.87. The summed E-state index contributed by atoms with van der Waals surface area (Å²) in [6.07, 6.45) is 4.03. The minimum atomic E-state index is -0.582. The number of nitrogens with zero attached hydrogens (tertiary/aromatic N) is 6. The van der Waals surface area contributed by atoms with E-state index in [0.29, 0.717) is 54.6 Å². The fraction of sp³-hybridized carbons (Fsp3) is 0.233. The summed E-state index contributed by atoms with van der Waals surface area (Å²) in [5, 5.41) is 2.95. The number of ether oxygens (including phenoxy) is 2. The number of fused-ring (bicyclic) bond motifs is 1. The topological polar surface area (TPSA) is 133 Å². The lowest BCUT2D eigenvalue weighted by Gasteiger charge is -2.37. The first kappa shape index (κ1) is 28.1. The Labute approximate surface area is 245 Å². The molecule has 0 aliphatic carbocycles. The molecule has 3 aromatic heterocycles. The second-order valence-electron chi connectivity index (χ2n) is 9.87. The molecule has 1 atom stereocenters. The molecule has 1 amide bonds. The van der Waals surface area contributed by atoms with Crippen molar-refractivity contribution in [2.45, 2.75) is 6.04 Å². The average molecular weight is 587 g/mol. The van der Waals surface area contributed by atoms with Crippen LogP contribution in [0.1, 0.15) is 10.5 Å². The molecule has 2 aromatic carbocycles. The molecular weight excluding hydrogens is 558 g/mol. The fourth-order valence-electron chi connectivity index (χ4n) is 5.26. The predicted octanol–water partition coefficient (Wildman–Crippen LogP) is 3.80. The highest BCUT2D eigenvalue weighted by molar-refractivity contribution is 6.08. The van der Waals surface area contributed by atoms with Crippen molar-refractivity contribution < 1.29 is 23.0 Å². The van der Waals surface area contributed by atoms with Gasteiger partial charge in [0.15, 0.2) is 11.6 Å². The van der Waals surface area contributed by atoms with Gasteiger partial charge in [0, 0.05) is 32.5 Å². The maximum absolute atomic E-state index is 14.8. The summed E-state index contributed by atoms with van der Waals surface area (Å²) >= 11 is 0. The summed E-state index contributed by atoms with van der Waals surface area (Å²) in [5.74, 6) is -0.995. The Hall–Kier alpha value is -5.01. The molecule has 0 bridgehead atoms. The first-order chi connectivity index (χ1) is 20.9. The largest absolute Gasteiger partial charge is 0.496 e. The van der Waals surface area contributed by atoms with Gasteiger partial charge in [0.1, 0.15) is 28.6 Å². The SMILES string of the molecule is COc1cccc(F)c1-c1nccc(C(=O)Nc2ccc3c(nc(-c4ccncc4F)n3C)c2N2CCOC[C@@H]2CN)n1. The van der Waals surface area contributed by atoms with Crippen molar-refractivity contribution in [2.24, 2.45) is 12.8 Å². The smallest absolute Gasteiger partial charge is 0.274 e. The van der Waals surface area contributed by atoms with Gasteiger partial charge in [-0.3, -0.25) is 9.78 Å². The van der Waals surface area contributed by atoms with E-state index in [9.17, 15) is 13.6 Å². The molecule has 220 valence electrons. The lowest BCUT2D eigenvalue weighted by Crippen LogP contribution is -2.49. The van der Waals surface area contributed by atoms with E-state index in [0.717, 1.165) is 11.7 Å². The Morgan fingerprint density at radius 3 is 2.79 bits per heavy atom. The summed E-state index contributed by atoms with van der Waals surface area (Å²) in [4.78, 5) is 32.9. The van der Waals surface area contributed by atoms with Crippen LogP contribution >= 0.6 is 0 Å². The molecule has 13 heteroatoms. The number of carbonyl (C=O) groups excluding carboxylic acids is 1. The number of benzene rings is 2. The number of rotatable bonds is 7. The Balaban J connectivity index is 1.45. The number of aryl methyl sites for hydroxylation is 1. The van der Waals surface area contributed by atoms with Crippen molar-refractivity contribution in [2.75, 3.05) is 43.6 Å². The van der Waals surface area contributed by atoms with E-state index in [1.165, 1.54) is 37.7 Å². The lowest BCUT2D eigenvalue weighted by atomic mass is 10.1. The highest BCUT2D eigenvalue weighted by Crippen LogP contribution is 2.39. The van der Waals surface area contributed by atoms with E-state index < -0.39 is 17.5 Å². The van der Waals surface area contributed by atoms with Crippen LogP contribution in [0.15, 0.2) is 61.1 Å². The highest BCUT2D eigenvalue weighted by Gasteiger charge is 2.29. The maximum atomic E-state index is 14.8. The number of aromatic nitrogens is 5. The number of carbonyl (C=O) groups is 1.